The molecular formula is C24H24F3N5O4. The van der Waals surface area contributed by atoms with E-state index in [0.29, 0.717) is 30.9 Å². The lowest BCUT2D eigenvalue weighted by molar-refractivity contribution is -0.137. The summed E-state index contributed by atoms with van der Waals surface area (Å²) < 4.78 is 49.4. The molecule has 190 valence electrons. The second-order valence-corrected chi connectivity index (χ2v) is 7.52. The maximum absolute atomic E-state index is 12.7. The van der Waals surface area contributed by atoms with Crippen LogP contribution in [0.1, 0.15) is 16.1 Å². The molecule has 0 bridgehead atoms. The van der Waals surface area contributed by atoms with Gasteiger partial charge in [0.2, 0.25) is 12.3 Å². The quantitative estimate of drug-likeness (QED) is 0.365. The number of carbonyl (C=O) groups is 2. The maximum atomic E-state index is 12.7. The van der Waals surface area contributed by atoms with Gasteiger partial charge in [0.15, 0.2) is 5.82 Å². The molecule has 1 heterocycles. The summed E-state index contributed by atoms with van der Waals surface area (Å²) in [6.45, 7) is 1.58. The third kappa shape index (κ3) is 7.40. The predicted molar refractivity (Wildman–Crippen MR) is 125 cm³/mol. The van der Waals surface area contributed by atoms with Gasteiger partial charge in [-0.2, -0.15) is 18.2 Å². The van der Waals surface area contributed by atoms with Gasteiger partial charge in [0, 0.05) is 24.7 Å². The number of primary amides is 1. The van der Waals surface area contributed by atoms with Crippen molar-refractivity contribution >= 4 is 12.3 Å². The molecule has 12 heteroatoms. The summed E-state index contributed by atoms with van der Waals surface area (Å²) in [5.41, 5.74) is 5.09. The molecule has 0 spiro atoms. The predicted octanol–water partition coefficient (Wildman–Crippen LogP) is 3.11. The first kappa shape index (κ1) is 26.4. The van der Waals surface area contributed by atoms with Crippen molar-refractivity contribution < 1.29 is 32.2 Å². The smallest absolute Gasteiger partial charge is 0.416 e. The number of alkyl halides is 3. The SMILES string of the molecule is CNCCN(C=O)CCOc1cc(C(N)=O)nc(-c2ccc(Oc3ccc(C(F)(F)F)cc3)cc2)n1. The largest absolute Gasteiger partial charge is 0.476 e. The number of rotatable bonds is 12. The molecule has 2 aromatic carbocycles. The van der Waals surface area contributed by atoms with Gasteiger partial charge in [-0.3, -0.25) is 9.59 Å². The zero-order chi connectivity index (χ0) is 26.1. The topological polar surface area (TPSA) is 120 Å². The van der Waals surface area contributed by atoms with E-state index < -0.39 is 17.6 Å². The van der Waals surface area contributed by atoms with Gasteiger partial charge in [0.25, 0.3) is 5.91 Å². The van der Waals surface area contributed by atoms with Crippen LogP contribution in [0.2, 0.25) is 0 Å². The Labute approximate surface area is 205 Å². The summed E-state index contributed by atoms with van der Waals surface area (Å²) >= 11 is 0. The van der Waals surface area contributed by atoms with Gasteiger partial charge in [-0.15, -0.1) is 0 Å². The molecule has 1 aromatic heterocycles. The van der Waals surface area contributed by atoms with E-state index in [2.05, 4.69) is 15.3 Å². The van der Waals surface area contributed by atoms with Crippen LogP contribution in [-0.4, -0.2) is 60.5 Å². The van der Waals surface area contributed by atoms with Crippen molar-refractivity contribution in [3.05, 3.63) is 65.9 Å². The minimum absolute atomic E-state index is 0.0532. The fraction of sp³-hybridized carbons (Fsp3) is 0.250. The summed E-state index contributed by atoms with van der Waals surface area (Å²) in [7, 11) is 1.78. The maximum Gasteiger partial charge on any atom is 0.416 e. The number of nitrogens with two attached hydrogens (primary N) is 1. The van der Waals surface area contributed by atoms with Crippen LogP contribution >= 0.6 is 0 Å². The van der Waals surface area contributed by atoms with E-state index in [1.807, 2.05) is 0 Å². The summed E-state index contributed by atoms with van der Waals surface area (Å²) in [4.78, 5) is 32.9. The molecule has 0 fully saturated rings. The van der Waals surface area contributed by atoms with Crippen LogP contribution in [0.3, 0.4) is 0 Å². The number of halogens is 3. The van der Waals surface area contributed by atoms with Crippen LogP contribution in [-0.2, 0) is 11.0 Å². The molecule has 0 saturated carbocycles. The normalized spacial score (nSPS) is 11.1. The molecule has 0 saturated heterocycles. The second kappa shape index (κ2) is 12.0. The van der Waals surface area contributed by atoms with Gasteiger partial charge in [0.1, 0.15) is 23.8 Å². The van der Waals surface area contributed by atoms with Crippen molar-refractivity contribution in [1.82, 2.24) is 20.2 Å². The number of nitrogens with zero attached hydrogens (tertiary/aromatic N) is 3. The Morgan fingerprint density at radius 2 is 1.69 bits per heavy atom. The molecule has 3 aromatic rings. The summed E-state index contributed by atoms with van der Waals surface area (Å²) in [5, 5.41) is 2.95. The minimum Gasteiger partial charge on any atom is -0.476 e. The molecule has 9 nitrogen and oxygen atoms in total. The number of hydrogen-bond acceptors (Lipinski definition) is 7. The average molecular weight is 503 g/mol. The number of aromatic nitrogens is 2. The zero-order valence-electron chi connectivity index (χ0n) is 19.3. The lowest BCUT2D eigenvalue weighted by atomic mass is 10.2. The van der Waals surface area contributed by atoms with Crippen LogP contribution in [0.15, 0.2) is 54.6 Å². The first-order chi connectivity index (χ1) is 17.2. The Hall–Kier alpha value is -4.19. The fourth-order valence-electron chi connectivity index (χ4n) is 3.01. The van der Waals surface area contributed by atoms with Crippen molar-refractivity contribution in [1.29, 1.82) is 0 Å². The zero-order valence-corrected chi connectivity index (χ0v) is 19.3. The molecule has 0 atom stereocenters. The minimum atomic E-state index is -4.43. The van der Waals surface area contributed by atoms with Crippen LogP contribution in [0.5, 0.6) is 17.4 Å². The third-order valence-corrected chi connectivity index (χ3v) is 4.91. The number of hydrogen-bond donors (Lipinski definition) is 2. The van der Waals surface area contributed by atoms with Crippen LogP contribution < -0.4 is 20.5 Å². The van der Waals surface area contributed by atoms with E-state index in [1.165, 1.54) is 23.1 Å². The molecule has 0 radical (unpaired) electrons. The van der Waals surface area contributed by atoms with Crippen molar-refractivity contribution in [2.24, 2.45) is 5.73 Å². The van der Waals surface area contributed by atoms with Gasteiger partial charge in [-0.05, 0) is 55.6 Å². The first-order valence-electron chi connectivity index (χ1n) is 10.8. The molecular weight excluding hydrogens is 479 g/mol. The van der Waals surface area contributed by atoms with Crippen molar-refractivity contribution in [2.75, 3.05) is 33.3 Å². The molecule has 3 N–H and O–H groups in total. The average Bonchev–Trinajstić information content (AvgIpc) is 2.86. The summed E-state index contributed by atoms with van der Waals surface area (Å²) in [6, 6.07) is 12.0. The highest BCUT2D eigenvalue weighted by atomic mass is 19.4. The fourth-order valence-corrected chi connectivity index (χ4v) is 3.01. The van der Waals surface area contributed by atoms with E-state index in [1.54, 1.807) is 31.3 Å². The standard InChI is InChI=1S/C24H24F3N5O4/c1-29-10-11-32(15-33)12-13-35-21-14-20(22(28)34)30-23(31-21)16-2-6-18(7-3-16)36-19-8-4-17(5-9-19)24(25,26)27/h2-9,14-15,29H,10-13H2,1H3,(H2,28,34). The number of carbonyl (C=O) groups excluding carboxylic acids is 2. The second-order valence-electron chi connectivity index (χ2n) is 7.52. The van der Waals surface area contributed by atoms with E-state index in [9.17, 15) is 22.8 Å². The Bertz CT molecular complexity index is 1170. The van der Waals surface area contributed by atoms with Crippen LogP contribution in [0, 0.1) is 0 Å². The van der Waals surface area contributed by atoms with Gasteiger partial charge in [-0.1, -0.05) is 0 Å². The van der Waals surface area contributed by atoms with Gasteiger partial charge >= 0.3 is 6.18 Å². The summed E-state index contributed by atoms with van der Waals surface area (Å²) in [5.74, 6) is 0.117. The molecule has 0 unspecified atom stereocenters. The highest BCUT2D eigenvalue weighted by Crippen LogP contribution is 2.32. The molecule has 0 aliphatic heterocycles. The van der Waals surface area contributed by atoms with Crippen molar-refractivity contribution in [3.63, 3.8) is 0 Å². The van der Waals surface area contributed by atoms with Gasteiger partial charge < -0.3 is 25.4 Å². The van der Waals surface area contributed by atoms with E-state index >= 15 is 0 Å². The Morgan fingerprint density at radius 1 is 1.06 bits per heavy atom. The van der Waals surface area contributed by atoms with Crippen molar-refractivity contribution in [2.45, 2.75) is 6.18 Å². The number of ether oxygens (including phenoxy) is 2. The monoisotopic (exact) mass is 503 g/mol. The van der Waals surface area contributed by atoms with Crippen LogP contribution in [0.4, 0.5) is 13.2 Å². The van der Waals surface area contributed by atoms with Crippen LogP contribution in [0.25, 0.3) is 11.4 Å². The number of nitrogens with one attached hydrogen (secondary N) is 1. The molecule has 3 rings (SSSR count). The Morgan fingerprint density at radius 3 is 2.25 bits per heavy atom. The van der Waals surface area contributed by atoms with Gasteiger partial charge in [-0.25, -0.2) is 4.98 Å². The Balaban J connectivity index is 1.71. The molecule has 2 amide bonds. The first-order valence-corrected chi connectivity index (χ1v) is 10.8. The van der Waals surface area contributed by atoms with E-state index in [0.717, 1.165) is 18.5 Å². The highest BCUT2D eigenvalue weighted by Gasteiger charge is 2.30. The lowest BCUT2D eigenvalue weighted by Crippen LogP contribution is -2.33. The summed E-state index contributed by atoms with van der Waals surface area (Å²) in [6.07, 6.45) is -3.71. The lowest BCUT2D eigenvalue weighted by Gasteiger charge is -2.17. The molecule has 0 aliphatic carbocycles. The highest BCUT2D eigenvalue weighted by molar-refractivity contribution is 5.91. The molecule has 0 aliphatic rings. The third-order valence-electron chi connectivity index (χ3n) is 4.91. The van der Waals surface area contributed by atoms with Crippen molar-refractivity contribution in [3.8, 4) is 28.8 Å². The number of amides is 2. The Kier molecular flexibility index (Phi) is 8.79. The van der Waals surface area contributed by atoms with Gasteiger partial charge in [0.05, 0.1) is 12.1 Å². The van der Waals surface area contributed by atoms with E-state index in [4.69, 9.17) is 15.2 Å². The molecule has 36 heavy (non-hydrogen) atoms. The number of benzene rings is 2. The number of likely N-dealkylation sites (N-methyl/N-ethyl adjacent to an activating group) is 1. The van der Waals surface area contributed by atoms with E-state index in [-0.39, 0.29) is 29.8 Å².